The van der Waals surface area contributed by atoms with Gasteiger partial charge >= 0.3 is 57.6 Å². The van der Waals surface area contributed by atoms with Gasteiger partial charge in [-0.05, 0) is 42.8 Å². The molecule has 0 radical (unpaired) electrons. The number of hydrogen-bond donors (Lipinski definition) is 0. The molecule has 40 heavy (non-hydrogen) atoms. The molecule has 2 aromatic carbocycles. The fraction of sp³-hybridized carbons (Fsp3) is 0.586. The Morgan fingerprint density at radius 2 is 1.05 bits per heavy atom. The van der Waals surface area contributed by atoms with Crippen LogP contribution in [0.25, 0.3) is 0 Å². The molecule has 0 amide bonds. The summed E-state index contributed by atoms with van der Waals surface area (Å²) < 4.78 is 74.3. The summed E-state index contributed by atoms with van der Waals surface area (Å²) in [6, 6.07) is 25.5. The Kier molecular flexibility index (Phi) is 16.5. The second-order valence-corrected chi connectivity index (χ2v) is 23.7. The zero-order valence-electron chi connectivity index (χ0n) is 24.0. The summed E-state index contributed by atoms with van der Waals surface area (Å²) in [5.74, 6) is 0.949. The Labute approximate surface area is 250 Å². The van der Waals surface area contributed by atoms with Crippen molar-refractivity contribution in [2.75, 3.05) is 19.8 Å². The fourth-order valence-electron chi connectivity index (χ4n) is 4.47. The zero-order valence-corrected chi connectivity index (χ0v) is 29.7. The molecular formula is C29H46F6IO2SbSi. The van der Waals surface area contributed by atoms with Gasteiger partial charge < -0.3 is 9.47 Å². The molecule has 0 aliphatic rings. The van der Waals surface area contributed by atoms with Gasteiger partial charge in [0.15, 0.2) is 7.14 Å². The molecule has 0 spiro atoms. The normalized spacial score (nSPS) is 13.6. The zero-order chi connectivity index (χ0) is 30.0. The first-order chi connectivity index (χ1) is 18.7. The first-order valence-corrected chi connectivity index (χ1v) is 25.0. The van der Waals surface area contributed by atoms with Crippen molar-refractivity contribution in [3.05, 3.63) is 61.7 Å². The van der Waals surface area contributed by atoms with Crippen molar-refractivity contribution in [3.8, 4) is 5.75 Å². The molecule has 0 N–H and O–H groups in total. The van der Waals surface area contributed by atoms with Crippen LogP contribution >= 0.6 is 0 Å². The average Bonchev–Trinajstić information content (AvgIpc) is 2.88. The predicted molar refractivity (Wildman–Crippen MR) is 153 cm³/mol. The van der Waals surface area contributed by atoms with Crippen molar-refractivity contribution >= 4 is 27.5 Å². The van der Waals surface area contributed by atoms with Crippen LogP contribution in [0.15, 0.2) is 54.6 Å². The van der Waals surface area contributed by atoms with E-state index >= 15 is 0 Å². The number of ether oxygens (including phenoxy) is 2. The van der Waals surface area contributed by atoms with Crippen LogP contribution in [0.4, 0.5) is 16.9 Å². The van der Waals surface area contributed by atoms with Crippen molar-refractivity contribution in [1.82, 2.24) is 0 Å². The first kappa shape index (κ1) is 37.6. The third-order valence-corrected chi connectivity index (χ3v) is 14.8. The Morgan fingerprint density at radius 1 is 0.600 bits per heavy atom. The fourth-order valence-corrected chi connectivity index (χ4v) is 12.4. The molecule has 0 atom stereocenters. The van der Waals surface area contributed by atoms with Crippen LogP contribution in [0.5, 0.6) is 5.75 Å². The van der Waals surface area contributed by atoms with Crippen LogP contribution in [0, 0.1) is 7.14 Å². The van der Waals surface area contributed by atoms with Gasteiger partial charge in [0, 0.05) is 6.61 Å². The van der Waals surface area contributed by atoms with E-state index in [4.69, 9.17) is 9.47 Å². The van der Waals surface area contributed by atoms with E-state index in [9.17, 15) is 16.9 Å². The number of unbranched alkanes of at least 4 members (excludes halogenated alkanes) is 3. The van der Waals surface area contributed by atoms with Crippen LogP contribution in [-0.4, -0.2) is 47.4 Å². The summed E-state index contributed by atoms with van der Waals surface area (Å²) in [6.45, 7) is 9.26. The van der Waals surface area contributed by atoms with Gasteiger partial charge in [-0.1, -0.05) is 102 Å². The molecule has 0 aromatic heterocycles. The van der Waals surface area contributed by atoms with Crippen LogP contribution in [0.3, 0.4) is 0 Å². The van der Waals surface area contributed by atoms with Crippen LogP contribution in [-0.2, 0) is 4.74 Å². The molecule has 232 valence electrons. The van der Waals surface area contributed by atoms with E-state index in [0.29, 0.717) is 13.2 Å². The first-order valence-electron chi connectivity index (χ1n) is 14.2. The molecule has 0 aliphatic heterocycles. The number of hydrogen-bond acceptors (Lipinski definition) is 2. The van der Waals surface area contributed by atoms with E-state index in [-0.39, 0.29) is 21.2 Å². The topological polar surface area (TPSA) is 18.5 Å². The van der Waals surface area contributed by atoms with Crippen molar-refractivity contribution in [3.63, 3.8) is 0 Å². The van der Waals surface area contributed by atoms with Crippen LogP contribution in [0.1, 0.15) is 65.7 Å². The average molecular weight is 817 g/mol. The maximum absolute atomic E-state index is 11.2. The summed E-state index contributed by atoms with van der Waals surface area (Å²) in [7, 11) is -1.12. The molecule has 0 saturated heterocycles. The van der Waals surface area contributed by atoms with Gasteiger partial charge in [-0.3, -0.25) is 0 Å². The van der Waals surface area contributed by atoms with Gasteiger partial charge in [0.2, 0.25) is 0 Å². The SMILES string of the molecule is CCCC[Si](CCCC)(CCCC)CCCOCCOc1ccc([I+]c2ccccc2)cc1.[F][Sb-]([F])([F])([F])([F])[F]. The Hall–Kier alpha value is -0.455. The molecule has 0 aliphatic carbocycles. The third-order valence-electron chi connectivity index (χ3n) is 6.44. The summed E-state index contributed by atoms with van der Waals surface area (Å²) in [6.07, 6.45) is 9.56. The standard InChI is InChI=1S/C29H46IO2Si.6FH.Sb/c1-4-7-23-33(24-8-5-2,25-9-6-3)26-13-20-31-21-22-32-29-18-16-28(17-19-29)30-27-14-11-10-12-15-27;;;;;;;/h10-12,14-19H,4-9,13,20-26H2,1-3H3;6*1H;/q+1;;;;;;;+5/p-6. The summed E-state index contributed by atoms with van der Waals surface area (Å²) >= 11 is -11.4. The molecule has 11 heteroatoms. The molecule has 0 heterocycles. The van der Waals surface area contributed by atoms with Crippen LogP contribution < -0.4 is 25.9 Å². The molecule has 0 bridgehead atoms. The molecule has 0 saturated carbocycles. The second-order valence-electron chi connectivity index (χ2n) is 10.2. The minimum absolute atomic E-state index is 0.108. The number of halogens is 7. The van der Waals surface area contributed by atoms with Gasteiger partial charge in [-0.15, -0.1) is 0 Å². The summed E-state index contributed by atoms with van der Waals surface area (Å²) in [4.78, 5) is 0. The Morgan fingerprint density at radius 3 is 1.52 bits per heavy atom. The van der Waals surface area contributed by atoms with Crippen molar-refractivity contribution in [1.29, 1.82) is 0 Å². The Balaban J connectivity index is 0.00000101. The van der Waals surface area contributed by atoms with Gasteiger partial charge in [0.25, 0.3) is 0 Å². The molecule has 2 aromatic rings. The van der Waals surface area contributed by atoms with Crippen molar-refractivity contribution in [2.24, 2.45) is 0 Å². The third kappa shape index (κ3) is 22.2. The quantitative estimate of drug-likeness (QED) is 0.0631. The van der Waals surface area contributed by atoms with E-state index in [1.54, 1.807) is 0 Å². The second kappa shape index (κ2) is 17.6. The van der Waals surface area contributed by atoms with E-state index in [2.05, 4.69) is 75.4 Å². The monoisotopic (exact) mass is 816 g/mol. The molecule has 0 fully saturated rings. The van der Waals surface area contributed by atoms with Crippen molar-refractivity contribution in [2.45, 2.75) is 89.9 Å². The maximum atomic E-state index is 9.93. The molecule has 0 unspecified atom stereocenters. The van der Waals surface area contributed by atoms with Gasteiger partial charge in [-0.25, -0.2) is 0 Å². The molecule has 2 nitrogen and oxygen atoms in total. The van der Waals surface area contributed by atoms with E-state index in [1.807, 2.05) is 0 Å². The van der Waals surface area contributed by atoms with E-state index in [0.717, 1.165) is 12.4 Å². The number of benzene rings is 2. The molecule has 2 rings (SSSR count). The summed E-state index contributed by atoms with van der Waals surface area (Å²) in [5, 5.41) is 0. The minimum atomic E-state index is -11.2. The summed E-state index contributed by atoms with van der Waals surface area (Å²) in [5.41, 5.74) is 0. The number of rotatable bonds is 19. The van der Waals surface area contributed by atoms with Crippen LogP contribution in [0.2, 0.25) is 24.2 Å². The van der Waals surface area contributed by atoms with Gasteiger partial charge in [0.1, 0.15) is 12.4 Å². The van der Waals surface area contributed by atoms with E-state index in [1.165, 1.54) is 76.3 Å². The van der Waals surface area contributed by atoms with Gasteiger partial charge in [-0.2, -0.15) is 0 Å². The van der Waals surface area contributed by atoms with Gasteiger partial charge in [0.05, 0.1) is 14.7 Å². The molecular weight excluding hydrogens is 771 g/mol. The van der Waals surface area contributed by atoms with Crippen molar-refractivity contribution < 1.29 is 47.6 Å². The van der Waals surface area contributed by atoms with E-state index < -0.39 is 27.5 Å². The Bertz CT molecular complexity index is 898. The predicted octanol–water partition coefficient (Wildman–Crippen LogP) is 7.59.